The van der Waals surface area contributed by atoms with Crippen molar-refractivity contribution in [3.63, 3.8) is 0 Å². The van der Waals surface area contributed by atoms with Crippen molar-refractivity contribution in [2.75, 3.05) is 5.32 Å². The van der Waals surface area contributed by atoms with Crippen molar-refractivity contribution >= 4 is 33.5 Å². The minimum absolute atomic E-state index is 0.116. The third-order valence-electron chi connectivity index (χ3n) is 5.11. The molecular weight excluding hydrogens is 334 g/mol. The number of hydrogen-bond donors (Lipinski definition) is 2. The normalized spacial score (nSPS) is 27.3. The SMILES string of the molecule is CC1(C)[C@@H](C(=O)O)CC[C@]1(C)C(=O)Nc1cccc(Br)c1. The zero-order valence-electron chi connectivity index (χ0n) is 12.4. The average molecular weight is 354 g/mol. The minimum Gasteiger partial charge on any atom is -0.481 e. The molecule has 1 aromatic rings. The second kappa shape index (κ2) is 5.44. The van der Waals surface area contributed by atoms with Crippen LogP contribution in [0.3, 0.4) is 0 Å². The Hall–Kier alpha value is -1.36. The Morgan fingerprint density at radius 2 is 2.00 bits per heavy atom. The van der Waals surface area contributed by atoms with Crippen molar-refractivity contribution in [2.45, 2.75) is 33.6 Å². The fourth-order valence-electron chi connectivity index (χ4n) is 3.17. The van der Waals surface area contributed by atoms with E-state index in [0.717, 1.165) is 4.47 Å². The zero-order valence-corrected chi connectivity index (χ0v) is 14.0. The number of aliphatic carboxylic acids is 1. The first-order chi connectivity index (χ1) is 9.68. The molecule has 1 aliphatic rings. The summed E-state index contributed by atoms with van der Waals surface area (Å²) >= 11 is 3.37. The molecule has 0 radical (unpaired) electrons. The molecule has 114 valence electrons. The van der Waals surface area contributed by atoms with Crippen LogP contribution in [0.2, 0.25) is 0 Å². The van der Waals surface area contributed by atoms with Gasteiger partial charge in [-0.05, 0) is 36.5 Å². The Bertz CT molecular complexity index is 585. The Morgan fingerprint density at radius 1 is 1.33 bits per heavy atom. The summed E-state index contributed by atoms with van der Waals surface area (Å²) in [4.78, 5) is 24.1. The lowest BCUT2D eigenvalue weighted by molar-refractivity contribution is -0.147. The maximum atomic E-state index is 12.7. The highest BCUT2D eigenvalue weighted by atomic mass is 79.9. The maximum absolute atomic E-state index is 12.7. The van der Waals surface area contributed by atoms with Crippen molar-refractivity contribution in [3.8, 4) is 0 Å². The smallest absolute Gasteiger partial charge is 0.307 e. The minimum atomic E-state index is -0.820. The van der Waals surface area contributed by atoms with Gasteiger partial charge in [0.1, 0.15) is 0 Å². The highest BCUT2D eigenvalue weighted by Gasteiger charge is 2.58. The molecular formula is C16H20BrNO3. The Balaban J connectivity index is 2.24. The molecule has 1 saturated carbocycles. The van der Waals surface area contributed by atoms with E-state index in [1.165, 1.54) is 0 Å². The molecule has 1 aliphatic carbocycles. The van der Waals surface area contributed by atoms with E-state index in [-0.39, 0.29) is 5.91 Å². The number of halogens is 1. The molecule has 0 bridgehead atoms. The van der Waals surface area contributed by atoms with Gasteiger partial charge in [0.25, 0.3) is 0 Å². The molecule has 1 fully saturated rings. The van der Waals surface area contributed by atoms with Gasteiger partial charge in [0.05, 0.1) is 11.3 Å². The first kappa shape index (κ1) is 16.0. The number of anilines is 1. The lowest BCUT2D eigenvalue weighted by atomic mass is 9.65. The van der Waals surface area contributed by atoms with Crippen LogP contribution in [0.1, 0.15) is 33.6 Å². The van der Waals surface area contributed by atoms with Gasteiger partial charge in [-0.25, -0.2) is 0 Å². The first-order valence-corrected chi connectivity index (χ1v) is 7.77. The van der Waals surface area contributed by atoms with E-state index in [0.29, 0.717) is 18.5 Å². The van der Waals surface area contributed by atoms with Crippen LogP contribution >= 0.6 is 15.9 Å². The van der Waals surface area contributed by atoms with Crippen LogP contribution in [0.5, 0.6) is 0 Å². The number of nitrogens with one attached hydrogen (secondary N) is 1. The number of carbonyl (C=O) groups excluding carboxylic acids is 1. The van der Waals surface area contributed by atoms with E-state index < -0.39 is 22.7 Å². The molecule has 2 rings (SSSR count). The third kappa shape index (κ3) is 2.71. The van der Waals surface area contributed by atoms with E-state index in [1.54, 1.807) is 0 Å². The number of carboxylic acids is 1. The van der Waals surface area contributed by atoms with Crippen molar-refractivity contribution in [2.24, 2.45) is 16.7 Å². The monoisotopic (exact) mass is 353 g/mol. The molecule has 0 saturated heterocycles. The summed E-state index contributed by atoms with van der Waals surface area (Å²) in [7, 11) is 0. The van der Waals surface area contributed by atoms with Gasteiger partial charge in [-0.2, -0.15) is 0 Å². The summed E-state index contributed by atoms with van der Waals surface area (Å²) in [5.41, 5.74) is -0.571. The van der Waals surface area contributed by atoms with E-state index >= 15 is 0 Å². The fourth-order valence-corrected chi connectivity index (χ4v) is 3.57. The lowest BCUT2D eigenvalue weighted by Gasteiger charge is -2.39. The number of carboxylic acid groups (broad SMARTS) is 1. The largest absolute Gasteiger partial charge is 0.481 e. The van der Waals surface area contributed by atoms with Gasteiger partial charge in [-0.3, -0.25) is 9.59 Å². The first-order valence-electron chi connectivity index (χ1n) is 6.98. The summed E-state index contributed by atoms with van der Waals surface area (Å²) in [6, 6.07) is 7.39. The van der Waals surface area contributed by atoms with Crippen LogP contribution in [0.4, 0.5) is 5.69 Å². The van der Waals surface area contributed by atoms with Gasteiger partial charge in [0.2, 0.25) is 5.91 Å². The quantitative estimate of drug-likeness (QED) is 0.865. The summed E-state index contributed by atoms with van der Waals surface area (Å²) in [5.74, 6) is -1.43. The summed E-state index contributed by atoms with van der Waals surface area (Å²) in [5, 5.41) is 12.3. The molecule has 0 aromatic heterocycles. The zero-order chi connectivity index (χ0) is 15.8. The Labute approximate surface area is 133 Å². The molecule has 0 spiro atoms. The van der Waals surface area contributed by atoms with Crippen molar-refractivity contribution in [1.29, 1.82) is 0 Å². The molecule has 1 aromatic carbocycles. The maximum Gasteiger partial charge on any atom is 0.307 e. The number of carbonyl (C=O) groups is 2. The molecule has 1 amide bonds. The van der Waals surface area contributed by atoms with Crippen LogP contribution in [0, 0.1) is 16.7 Å². The number of benzene rings is 1. The van der Waals surface area contributed by atoms with Crippen LogP contribution in [-0.2, 0) is 9.59 Å². The van der Waals surface area contributed by atoms with Crippen molar-refractivity contribution in [3.05, 3.63) is 28.7 Å². The standard InChI is InChI=1S/C16H20BrNO3/c1-15(2)12(13(19)20)7-8-16(15,3)14(21)18-11-6-4-5-10(17)9-11/h4-6,9,12H,7-8H2,1-3H3,(H,18,21)(H,19,20)/t12-,16-/m1/s1. The topological polar surface area (TPSA) is 66.4 Å². The van der Waals surface area contributed by atoms with Crippen LogP contribution in [-0.4, -0.2) is 17.0 Å². The molecule has 0 heterocycles. The van der Waals surface area contributed by atoms with Gasteiger partial charge in [0.15, 0.2) is 0 Å². The van der Waals surface area contributed by atoms with Gasteiger partial charge in [0, 0.05) is 10.2 Å². The summed E-state index contributed by atoms with van der Waals surface area (Å²) in [6.45, 7) is 5.61. The van der Waals surface area contributed by atoms with E-state index in [9.17, 15) is 14.7 Å². The molecule has 2 N–H and O–H groups in total. The second-order valence-corrected chi connectivity index (χ2v) is 7.36. The van der Waals surface area contributed by atoms with Crippen LogP contribution < -0.4 is 5.32 Å². The number of hydrogen-bond acceptors (Lipinski definition) is 2. The number of amides is 1. The van der Waals surface area contributed by atoms with Crippen LogP contribution in [0.25, 0.3) is 0 Å². The van der Waals surface area contributed by atoms with E-state index in [4.69, 9.17) is 0 Å². The molecule has 0 aliphatic heterocycles. The van der Waals surface area contributed by atoms with Crippen molar-refractivity contribution in [1.82, 2.24) is 0 Å². The van der Waals surface area contributed by atoms with E-state index in [1.807, 2.05) is 45.0 Å². The fraction of sp³-hybridized carbons (Fsp3) is 0.500. The highest BCUT2D eigenvalue weighted by molar-refractivity contribution is 9.10. The summed E-state index contributed by atoms with van der Waals surface area (Å²) < 4.78 is 0.888. The predicted octanol–water partition coefficient (Wildman–Crippen LogP) is 3.91. The Morgan fingerprint density at radius 3 is 2.52 bits per heavy atom. The van der Waals surface area contributed by atoms with Gasteiger partial charge < -0.3 is 10.4 Å². The molecule has 2 atom stereocenters. The van der Waals surface area contributed by atoms with Crippen LogP contribution in [0.15, 0.2) is 28.7 Å². The van der Waals surface area contributed by atoms with Gasteiger partial charge >= 0.3 is 5.97 Å². The predicted molar refractivity (Wildman–Crippen MR) is 85.0 cm³/mol. The van der Waals surface area contributed by atoms with Gasteiger partial charge in [-0.15, -0.1) is 0 Å². The molecule has 4 nitrogen and oxygen atoms in total. The number of rotatable bonds is 3. The Kier molecular flexibility index (Phi) is 4.15. The third-order valence-corrected chi connectivity index (χ3v) is 5.60. The highest BCUT2D eigenvalue weighted by Crippen LogP contribution is 2.56. The van der Waals surface area contributed by atoms with Crippen molar-refractivity contribution < 1.29 is 14.7 Å². The molecule has 0 unspecified atom stereocenters. The molecule has 21 heavy (non-hydrogen) atoms. The van der Waals surface area contributed by atoms with Gasteiger partial charge in [-0.1, -0.05) is 42.8 Å². The lowest BCUT2D eigenvalue weighted by Crippen LogP contribution is -2.45. The average Bonchev–Trinajstić information content (AvgIpc) is 2.61. The summed E-state index contributed by atoms with van der Waals surface area (Å²) in [6.07, 6.45) is 1.11. The van der Waals surface area contributed by atoms with E-state index in [2.05, 4.69) is 21.2 Å². The molecule has 5 heteroatoms. The second-order valence-electron chi connectivity index (χ2n) is 6.45.